The predicted molar refractivity (Wildman–Crippen MR) is 78.9 cm³/mol. The van der Waals surface area contributed by atoms with E-state index in [1.54, 1.807) is 0 Å². The van der Waals surface area contributed by atoms with Crippen LogP contribution in [-0.2, 0) is 6.42 Å². The molecule has 3 nitrogen and oxygen atoms in total. The molecule has 0 aromatic heterocycles. The number of aliphatic imine (C=N–C) groups is 1. The molecule has 5 heteroatoms. The molecule has 1 atom stereocenters. The van der Waals surface area contributed by atoms with E-state index in [1.807, 2.05) is 6.92 Å². The lowest BCUT2D eigenvalue weighted by atomic mass is 10.1. The van der Waals surface area contributed by atoms with Crippen LogP contribution in [0.3, 0.4) is 0 Å². The summed E-state index contributed by atoms with van der Waals surface area (Å²) in [6, 6.07) is 3.89. The van der Waals surface area contributed by atoms with Crippen molar-refractivity contribution in [2.24, 2.45) is 4.99 Å². The van der Waals surface area contributed by atoms with E-state index in [2.05, 4.69) is 29.5 Å². The Hall–Kier alpha value is -1.65. The first-order valence-electron chi connectivity index (χ1n) is 7.05. The minimum atomic E-state index is -0.548. The third-order valence-corrected chi connectivity index (χ3v) is 2.93. The van der Waals surface area contributed by atoms with Gasteiger partial charge in [0.2, 0.25) is 0 Å². The van der Waals surface area contributed by atoms with Crippen molar-refractivity contribution in [2.45, 2.75) is 39.7 Å². The molecule has 0 fully saturated rings. The fourth-order valence-corrected chi connectivity index (χ4v) is 1.71. The maximum atomic E-state index is 13.1. The number of rotatable bonds is 6. The Balaban J connectivity index is 2.58. The fraction of sp³-hybridized carbons (Fsp3) is 0.533. The molecule has 0 aliphatic rings. The minimum absolute atomic E-state index is 0.333. The highest BCUT2D eigenvalue weighted by Gasteiger charge is 2.03. The number of benzene rings is 1. The summed E-state index contributed by atoms with van der Waals surface area (Å²) in [5.41, 5.74) is 0.616. The lowest BCUT2D eigenvalue weighted by Crippen LogP contribution is -2.42. The zero-order valence-corrected chi connectivity index (χ0v) is 12.3. The Morgan fingerprint density at radius 3 is 2.40 bits per heavy atom. The molecule has 1 rings (SSSR count). The van der Waals surface area contributed by atoms with Gasteiger partial charge < -0.3 is 10.6 Å². The lowest BCUT2D eigenvalue weighted by Gasteiger charge is -2.16. The smallest absolute Gasteiger partial charge is 0.191 e. The molecular formula is C15H23F2N3. The standard InChI is InChI=1S/C15H23F2N3/c1-4-11(3)20-15(18-5-2)19-7-6-12-8-13(16)10-14(17)9-12/h8-11H,4-7H2,1-3H3,(H2,18,19,20). The van der Waals surface area contributed by atoms with Gasteiger partial charge in [-0.15, -0.1) is 0 Å². The van der Waals surface area contributed by atoms with Crippen LogP contribution in [0.25, 0.3) is 0 Å². The highest BCUT2D eigenvalue weighted by atomic mass is 19.1. The third-order valence-electron chi connectivity index (χ3n) is 2.93. The van der Waals surface area contributed by atoms with Crippen molar-refractivity contribution in [1.82, 2.24) is 10.6 Å². The summed E-state index contributed by atoms with van der Waals surface area (Å²) >= 11 is 0. The predicted octanol–water partition coefficient (Wildman–Crippen LogP) is 2.86. The van der Waals surface area contributed by atoms with Crippen LogP contribution in [-0.4, -0.2) is 25.1 Å². The summed E-state index contributed by atoms with van der Waals surface area (Å²) in [5, 5.41) is 6.41. The van der Waals surface area contributed by atoms with Gasteiger partial charge in [-0.25, -0.2) is 8.78 Å². The Bertz CT molecular complexity index is 426. The van der Waals surface area contributed by atoms with E-state index in [1.165, 1.54) is 12.1 Å². The molecule has 112 valence electrons. The number of hydrogen-bond acceptors (Lipinski definition) is 1. The summed E-state index contributed by atoms with van der Waals surface area (Å²) < 4.78 is 26.1. The molecule has 0 amide bonds. The average molecular weight is 283 g/mol. The quantitative estimate of drug-likeness (QED) is 0.622. The van der Waals surface area contributed by atoms with Crippen molar-refractivity contribution in [1.29, 1.82) is 0 Å². The van der Waals surface area contributed by atoms with Crippen molar-refractivity contribution in [3.63, 3.8) is 0 Å². The van der Waals surface area contributed by atoms with Crippen LogP contribution in [0, 0.1) is 11.6 Å². The zero-order chi connectivity index (χ0) is 15.0. The van der Waals surface area contributed by atoms with Gasteiger partial charge in [0.15, 0.2) is 5.96 Å². The first kappa shape index (κ1) is 16.4. The van der Waals surface area contributed by atoms with Crippen LogP contribution >= 0.6 is 0 Å². The van der Waals surface area contributed by atoms with Crippen molar-refractivity contribution >= 4 is 5.96 Å². The van der Waals surface area contributed by atoms with E-state index in [-0.39, 0.29) is 0 Å². The van der Waals surface area contributed by atoms with Gasteiger partial charge in [0.05, 0.1) is 0 Å². The van der Waals surface area contributed by atoms with Crippen LogP contribution in [0.2, 0.25) is 0 Å². The Morgan fingerprint density at radius 2 is 1.85 bits per heavy atom. The van der Waals surface area contributed by atoms with Gasteiger partial charge in [0.25, 0.3) is 0 Å². The highest BCUT2D eigenvalue weighted by molar-refractivity contribution is 5.80. The second-order valence-corrected chi connectivity index (χ2v) is 4.74. The molecule has 20 heavy (non-hydrogen) atoms. The zero-order valence-electron chi connectivity index (χ0n) is 12.3. The Morgan fingerprint density at radius 1 is 1.20 bits per heavy atom. The summed E-state index contributed by atoms with van der Waals surface area (Å²) in [5.74, 6) is -0.360. The minimum Gasteiger partial charge on any atom is -0.357 e. The highest BCUT2D eigenvalue weighted by Crippen LogP contribution is 2.08. The van der Waals surface area contributed by atoms with E-state index in [0.717, 1.165) is 25.0 Å². The van der Waals surface area contributed by atoms with Gasteiger partial charge in [0, 0.05) is 25.2 Å². The van der Waals surface area contributed by atoms with E-state index in [9.17, 15) is 8.78 Å². The summed E-state index contributed by atoms with van der Waals surface area (Å²) in [6.07, 6.45) is 1.51. The lowest BCUT2D eigenvalue weighted by molar-refractivity contribution is 0.579. The number of guanidine groups is 1. The summed E-state index contributed by atoms with van der Waals surface area (Å²) in [6.45, 7) is 7.42. The first-order valence-corrected chi connectivity index (χ1v) is 7.05. The Labute approximate surface area is 119 Å². The fourth-order valence-electron chi connectivity index (χ4n) is 1.71. The van der Waals surface area contributed by atoms with Gasteiger partial charge >= 0.3 is 0 Å². The van der Waals surface area contributed by atoms with Gasteiger partial charge in [-0.05, 0) is 44.4 Å². The largest absolute Gasteiger partial charge is 0.357 e. The maximum Gasteiger partial charge on any atom is 0.191 e. The van der Waals surface area contributed by atoms with Gasteiger partial charge in [0.1, 0.15) is 11.6 Å². The number of nitrogens with zero attached hydrogens (tertiary/aromatic N) is 1. The summed E-state index contributed by atoms with van der Waals surface area (Å²) in [4.78, 5) is 4.41. The van der Waals surface area contributed by atoms with E-state index in [0.29, 0.717) is 24.6 Å². The van der Waals surface area contributed by atoms with Crippen LogP contribution in [0.15, 0.2) is 23.2 Å². The van der Waals surface area contributed by atoms with Crippen molar-refractivity contribution in [3.8, 4) is 0 Å². The average Bonchev–Trinajstić information content (AvgIpc) is 2.37. The van der Waals surface area contributed by atoms with Gasteiger partial charge in [-0.1, -0.05) is 6.92 Å². The second-order valence-electron chi connectivity index (χ2n) is 4.74. The first-order chi connectivity index (χ1) is 9.55. The molecular weight excluding hydrogens is 260 g/mol. The van der Waals surface area contributed by atoms with E-state index < -0.39 is 11.6 Å². The third kappa shape index (κ3) is 5.99. The molecule has 0 aliphatic heterocycles. The molecule has 1 aromatic carbocycles. The number of nitrogens with one attached hydrogen (secondary N) is 2. The van der Waals surface area contributed by atoms with Crippen molar-refractivity contribution < 1.29 is 8.78 Å². The van der Waals surface area contributed by atoms with Gasteiger partial charge in [-0.2, -0.15) is 0 Å². The molecule has 1 aromatic rings. The normalized spacial score (nSPS) is 13.2. The maximum absolute atomic E-state index is 13.1. The monoisotopic (exact) mass is 283 g/mol. The second kappa shape index (κ2) is 8.51. The molecule has 0 saturated carbocycles. The molecule has 2 N–H and O–H groups in total. The molecule has 0 heterocycles. The van der Waals surface area contributed by atoms with Crippen LogP contribution in [0.1, 0.15) is 32.8 Å². The van der Waals surface area contributed by atoms with Crippen LogP contribution in [0.5, 0.6) is 0 Å². The molecule has 1 unspecified atom stereocenters. The van der Waals surface area contributed by atoms with E-state index in [4.69, 9.17) is 0 Å². The van der Waals surface area contributed by atoms with Crippen molar-refractivity contribution in [2.75, 3.05) is 13.1 Å². The summed E-state index contributed by atoms with van der Waals surface area (Å²) in [7, 11) is 0. The van der Waals surface area contributed by atoms with Gasteiger partial charge in [-0.3, -0.25) is 4.99 Å². The molecule has 0 saturated heterocycles. The topological polar surface area (TPSA) is 36.4 Å². The van der Waals surface area contributed by atoms with Crippen molar-refractivity contribution in [3.05, 3.63) is 35.4 Å². The molecule has 0 aliphatic carbocycles. The number of halogens is 2. The van der Waals surface area contributed by atoms with Crippen LogP contribution in [0.4, 0.5) is 8.78 Å². The molecule has 0 bridgehead atoms. The SMILES string of the molecule is CCNC(=NCCc1cc(F)cc(F)c1)NC(C)CC. The molecule has 0 spiro atoms. The number of hydrogen-bond donors (Lipinski definition) is 2. The van der Waals surface area contributed by atoms with Crippen LogP contribution < -0.4 is 10.6 Å². The van der Waals surface area contributed by atoms with E-state index >= 15 is 0 Å². The Kier molecular flexibility index (Phi) is 6.98. The molecule has 0 radical (unpaired) electrons.